The largest absolute Gasteiger partial charge is 0.396 e. The number of benzene rings is 1. The van der Waals surface area contributed by atoms with Crippen LogP contribution in [0.15, 0.2) is 24.7 Å². The Labute approximate surface area is 117 Å². The van der Waals surface area contributed by atoms with Crippen molar-refractivity contribution in [1.82, 2.24) is 15.0 Å². The molecule has 0 saturated carbocycles. The van der Waals surface area contributed by atoms with Gasteiger partial charge in [0.2, 0.25) is 5.95 Å². The molecule has 5 heteroatoms. The van der Waals surface area contributed by atoms with Crippen molar-refractivity contribution in [3.05, 3.63) is 30.2 Å². The summed E-state index contributed by atoms with van der Waals surface area (Å²) in [4.78, 5) is 12.7. The van der Waals surface area contributed by atoms with Crippen molar-refractivity contribution >= 4 is 33.3 Å². The van der Waals surface area contributed by atoms with E-state index in [0.717, 1.165) is 40.9 Å². The lowest BCUT2D eigenvalue weighted by Gasteiger charge is -2.13. The van der Waals surface area contributed by atoms with Crippen molar-refractivity contribution in [2.75, 3.05) is 11.5 Å². The first-order valence-corrected chi connectivity index (χ1v) is 6.78. The van der Waals surface area contributed by atoms with Gasteiger partial charge in [-0.15, -0.1) is 0 Å². The minimum Gasteiger partial charge on any atom is -0.396 e. The van der Waals surface area contributed by atoms with Gasteiger partial charge in [-0.1, -0.05) is 13.3 Å². The number of nitrogen functional groups attached to an aromatic ring is 2. The standard InChI is InChI=1S/C15H17N5/c1-2-3-4-9-11-7-18-6-5-10(11)13(16)14-12(9)8-19-15(17)20-14/h5-8H,2-4,16H2,1H3,(H2,17,19,20). The summed E-state index contributed by atoms with van der Waals surface area (Å²) < 4.78 is 0. The molecule has 2 aromatic heterocycles. The molecule has 1 aromatic carbocycles. The zero-order valence-corrected chi connectivity index (χ0v) is 11.4. The van der Waals surface area contributed by atoms with Gasteiger partial charge in [-0.05, 0) is 24.5 Å². The molecule has 5 nitrogen and oxygen atoms in total. The Balaban J connectivity index is 2.43. The van der Waals surface area contributed by atoms with Gasteiger partial charge < -0.3 is 11.5 Å². The van der Waals surface area contributed by atoms with Crippen LogP contribution in [0.1, 0.15) is 25.3 Å². The van der Waals surface area contributed by atoms with Gasteiger partial charge in [-0.2, -0.15) is 0 Å². The smallest absolute Gasteiger partial charge is 0.220 e. The van der Waals surface area contributed by atoms with Crippen molar-refractivity contribution in [3.63, 3.8) is 0 Å². The first kappa shape index (κ1) is 12.6. The van der Waals surface area contributed by atoms with Crippen LogP contribution in [0.25, 0.3) is 21.7 Å². The molecule has 3 rings (SSSR count). The summed E-state index contributed by atoms with van der Waals surface area (Å²) in [5.74, 6) is 0.249. The third-order valence-corrected chi connectivity index (χ3v) is 3.60. The summed E-state index contributed by atoms with van der Waals surface area (Å²) in [6.45, 7) is 2.18. The number of hydrogen-bond donors (Lipinski definition) is 2. The Bertz CT molecular complexity index is 782. The van der Waals surface area contributed by atoms with E-state index in [1.165, 1.54) is 5.56 Å². The Hall–Kier alpha value is -2.43. The van der Waals surface area contributed by atoms with Crippen molar-refractivity contribution in [3.8, 4) is 0 Å². The fourth-order valence-corrected chi connectivity index (χ4v) is 2.59. The monoisotopic (exact) mass is 267 g/mol. The Morgan fingerprint density at radius 3 is 2.75 bits per heavy atom. The van der Waals surface area contributed by atoms with E-state index in [9.17, 15) is 0 Å². The number of nitrogens with two attached hydrogens (primary N) is 2. The second-order valence-electron chi connectivity index (χ2n) is 4.91. The average molecular weight is 267 g/mol. The fraction of sp³-hybridized carbons (Fsp3) is 0.267. The predicted molar refractivity (Wildman–Crippen MR) is 82.3 cm³/mol. The lowest BCUT2D eigenvalue weighted by Crippen LogP contribution is -2.01. The molecule has 0 unspecified atom stereocenters. The Morgan fingerprint density at radius 1 is 1.10 bits per heavy atom. The molecule has 3 aromatic rings. The van der Waals surface area contributed by atoms with Crippen molar-refractivity contribution in [2.24, 2.45) is 0 Å². The van der Waals surface area contributed by atoms with Crippen LogP contribution in [0.3, 0.4) is 0 Å². The third kappa shape index (κ3) is 1.91. The SMILES string of the molecule is CCCCc1c2cnccc2c(N)c2nc(N)ncc12. The van der Waals surface area contributed by atoms with E-state index in [0.29, 0.717) is 5.69 Å². The molecule has 0 fully saturated rings. The number of unbranched alkanes of at least 4 members (excludes halogenated alkanes) is 1. The van der Waals surface area contributed by atoms with Crippen molar-refractivity contribution < 1.29 is 0 Å². The first-order chi connectivity index (χ1) is 9.72. The third-order valence-electron chi connectivity index (χ3n) is 3.60. The van der Waals surface area contributed by atoms with E-state index in [2.05, 4.69) is 21.9 Å². The lowest BCUT2D eigenvalue weighted by molar-refractivity contribution is 0.802. The van der Waals surface area contributed by atoms with Crippen molar-refractivity contribution in [1.29, 1.82) is 0 Å². The van der Waals surface area contributed by atoms with E-state index < -0.39 is 0 Å². The van der Waals surface area contributed by atoms with Crippen LogP contribution in [0.5, 0.6) is 0 Å². The van der Waals surface area contributed by atoms with Crippen LogP contribution >= 0.6 is 0 Å². The number of nitrogens with zero attached hydrogens (tertiary/aromatic N) is 3. The van der Waals surface area contributed by atoms with Gasteiger partial charge in [0, 0.05) is 34.7 Å². The van der Waals surface area contributed by atoms with Gasteiger partial charge in [0.15, 0.2) is 0 Å². The minimum atomic E-state index is 0.249. The maximum absolute atomic E-state index is 6.25. The summed E-state index contributed by atoms with van der Waals surface area (Å²) >= 11 is 0. The molecular weight excluding hydrogens is 250 g/mol. The van der Waals surface area contributed by atoms with Crippen LogP contribution < -0.4 is 11.5 Å². The molecule has 0 aliphatic carbocycles. The quantitative estimate of drug-likeness (QED) is 0.562. The summed E-state index contributed by atoms with van der Waals surface area (Å²) in [6.07, 6.45) is 8.58. The van der Waals surface area contributed by atoms with Crippen LogP contribution in [0.4, 0.5) is 11.6 Å². The van der Waals surface area contributed by atoms with Crippen molar-refractivity contribution in [2.45, 2.75) is 26.2 Å². The summed E-state index contributed by atoms with van der Waals surface area (Å²) in [5.41, 5.74) is 14.5. The van der Waals surface area contributed by atoms with Gasteiger partial charge in [-0.3, -0.25) is 4.98 Å². The molecule has 0 spiro atoms. The number of pyridine rings is 1. The zero-order valence-electron chi connectivity index (χ0n) is 11.4. The van der Waals surface area contributed by atoms with E-state index >= 15 is 0 Å². The van der Waals surface area contributed by atoms with Crippen LogP contribution in [-0.2, 0) is 6.42 Å². The molecule has 0 amide bonds. The molecule has 0 aliphatic heterocycles. The highest BCUT2D eigenvalue weighted by atomic mass is 15.0. The van der Waals surface area contributed by atoms with E-state index in [1.807, 2.05) is 12.3 Å². The number of aryl methyl sites for hydroxylation is 1. The topological polar surface area (TPSA) is 90.7 Å². The molecule has 0 aliphatic rings. The van der Waals surface area contributed by atoms with Gasteiger partial charge in [0.25, 0.3) is 0 Å². The second-order valence-corrected chi connectivity index (χ2v) is 4.91. The fourth-order valence-electron chi connectivity index (χ4n) is 2.59. The molecule has 0 saturated heterocycles. The molecule has 102 valence electrons. The van der Waals surface area contributed by atoms with Crippen LogP contribution in [0, 0.1) is 0 Å². The molecule has 2 heterocycles. The summed E-state index contributed by atoms with van der Waals surface area (Å²) in [6, 6.07) is 1.93. The zero-order chi connectivity index (χ0) is 14.1. The van der Waals surface area contributed by atoms with Gasteiger partial charge in [0.1, 0.15) is 0 Å². The van der Waals surface area contributed by atoms with Gasteiger partial charge in [-0.25, -0.2) is 9.97 Å². The van der Waals surface area contributed by atoms with Crippen LogP contribution in [0.2, 0.25) is 0 Å². The van der Waals surface area contributed by atoms with E-state index in [-0.39, 0.29) is 5.95 Å². The second kappa shape index (κ2) is 4.92. The highest BCUT2D eigenvalue weighted by molar-refractivity contribution is 6.10. The number of aromatic nitrogens is 3. The normalized spacial score (nSPS) is 11.2. The Morgan fingerprint density at radius 2 is 1.95 bits per heavy atom. The minimum absolute atomic E-state index is 0.249. The van der Waals surface area contributed by atoms with Crippen LogP contribution in [-0.4, -0.2) is 15.0 Å². The average Bonchev–Trinajstić information content (AvgIpc) is 2.48. The molecular formula is C15H17N5. The first-order valence-electron chi connectivity index (χ1n) is 6.78. The molecule has 4 N–H and O–H groups in total. The number of fused-ring (bicyclic) bond motifs is 2. The molecule has 0 bridgehead atoms. The highest BCUT2D eigenvalue weighted by Crippen LogP contribution is 2.33. The van der Waals surface area contributed by atoms with E-state index in [1.54, 1.807) is 12.4 Å². The number of rotatable bonds is 3. The highest BCUT2D eigenvalue weighted by Gasteiger charge is 2.13. The number of anilines is 2. The predicted octanol–water partition coefficient (Wildman–Crippen LogP) is 2.69. The maximum atomic E-state index is 6.25. The number of hydrogen-bond acceptors (Lipinski definition) is 5. The lowest BCUT2D eigenvalue weighted by atomic mass is 9.96. The molecule has 0 radical (unpaired) electrons. The summed E-state index contributed by atoms with van der Waals surface area (Å²) in [7, 11) is 0. The maximum Gasteiger partial charge on any atom is 0.220 e. The van der Waals surface area contributed by atoms with E-state index in [4.69, 9.17) is 11.5 Å². The molecule has 0 atom stereocenters. The Kier molecular flexibility index (Phi) is 3.10. The molecule has 20 heavy (non-hydrogen) atoms. The van der Waals surface area contributed by atoms with Gasteiger partial charge >= 0.3 is 0 Å². The van der Waals surface area contributed by atoms with Gasteiger partial charge in [0.05, 0.1) is 11.2 Å². The summed E-state index contributed by atoms with van der Waals surface area (Å²) in [5, 5.41) is 3.04.